The molecule has 0 aromatic rings. The van der Waals surface area contributed by atoms with Crippen LogP contribution in [0.15, 0.2) is 0 Å². The quantitative estimate of drug-likeness (QED) is 0.0144. The van der Waals surface area contributed by atoms with Gasteiger partial charge in [-0.1, -0.05) is 141 Å². The number of rotatable bonds is 51. The van der Waals surface area contributed by atoms with Crippen LogP contribution < -0.4 is 32.7 Å². The molecule has 8 N–H and O–H groups in total. The number of carbonyl (C=O) groups is 6. The van der Waals surface area contributed by atoms with Crippen LogP contribution in [0.5, 0.6) is 0 Å². The van der Waals surface area contributed by atoms with Crippen molar-refractivity contribution in [2.75, 3.05) is 52.4 Å². The molecule has 0 fully saturated rings. The summed E-state index contributed by atoms with van der Waals surface area (Å²) < 4.78 is 173. The van der Waals surface area contributed by atoms with Gasteiger partial charge in [0, 0.05) is 19.5 Å². The van der Waals surface area contributed by atoms with Crippen molar-refractivity contribution >= 4 is 35.7 Å². The van der Waals surface area contributed by atoms with Crippen LogP contribution in [-0.2, 0) is 47.7 Å². The maximum absolute atomic E-state index is 13.3. The largest absolute Gasteiger partial charge is 0.490 e. The van der Waals surface area contributed by atoms with Crippen LogP contribution in [0.2, 0.25) is 0 Å². The zero-order chi connectivity index (χ0) is 62.6. The lowest BCUT2D eigenvalue weighted by Crippen LogP contribution is -2.58. The van der Waals surface area contributed by atoms with Crippen LogP contribution in [0.25, 0.3) is 0 Å². The predicted molar refractivity (Wildman–Crippen MR) is 286 cm³/mol. The molecule has 0 saturated heterocycles. The molecule has 2 amide bonds. The maximum atomic E-state index is 13.3. The molecule has 488 valence electrons. The highest BCUT2D eigenvalue weighted by atomic mass is 19.4. The Bertz CT molecular complexity index is 1730. The molecule has 16 nitrogen and oxygen atoms in total. The van der Waals surface area contributed by atoms with E-state index in [4.69, 9.17) is 11.5 Å². The Morgan fingerprint density at radius 2 is 0.687 bits per heavy atom. The molecule has 0 spiro atoms. The van der Waals surface area contributed by atoms with Gasteiger partial charge in [0.2, 0.25) is 12.0 Å². The average Bonchev–Trinajstić information content (AvgIpc) is 3.40. The van der Waals surface area contributed by atoms with Gasteiger partial charge in [0.1, 0.15) is 6.10 Å². The highest BCUT2D eigenvalue weighted by Gasteiger charge is 2.55. The summed E-state index contributed by atoms with van der Waals surface area (Å²) in [5, 5.41) is 12.1. The van der Waals surface area contributed by atoms with Crippen molar-refractivity contribution in [3.8, 4) is 0 Å². The number of unbranched alkanes of at least 4 members (excludes halogenated alkanes) is 25. The van der Waals surface area contributed by atoms with Crippen LogP contribution >= 0.6 is 0 Å². The van der Waals surface area contributed by atoms with E-state index in [9.17, 15) is 81.5 Å². The summed E-state index contributed by atoms with van der Waals surface area (Å²) in [4.78, 5) is 72.2. The van der Waals surface area contributed by atoms with E-state index in [1.165, 1.54) is 64.2 Å². The molecule has 0 aliphatic heterocycles. The number of hydrogen-bond acceptors (Lipinski definition) is 14. The standard InChI is InChI=1S/C55H94F12N6O10/c1-41(80-48(76)52(56,57)58)44(81-49(77)53(59,60)61)45(82-50(78)54(62,63)64)46(83-51(79)55(65,66)67)47(75)73-38-28-21-18-16-14-12-10-8-6-4-2-3-5-7-9-11-13-15-17-19-24-32-43(74)72-37-27-22-20-23-31-42(39-70-35-29-25-33-68)40-71-36-30-26-34-69/h41-42,44-46,70-71H,2-40,68-69H2,1H3,(H,72,74)(H,73,75)/t41-,44-,45+,46-/m1/s1. The number of esters is 4. The summed E-state index contributed by atoms with van der Waals surface area (Å²) in [6.07, 6.45) is -7.53. The third-order valence-electron chi connectivity index (χ3n) is 13.5. The van der Waals surface area contributed by atoms with Crippen molar-refractivity contribution in [1.82, 2.24) is 21.3 Å². The minimum atomic E-state index is -6.18. The summed E-state index contributed by atoms with van der Waals surface area (Å²) >= 11 is 0. The lowest BCUT2D eigenvalue weighted by Gasteiger charge is -2.34. The Kier molecular flexibility index (Phi) is 43.8. The third-order valence-corrected chi connectivity index (χ3v) is 13.5. The van der Waals surface area contributed by atoms with E-state index in [2.05, 4.69) is 34.9 Å². The topological polar surface area (TPSA) is 240 Å². The van der Waals surface area contributed by atoms with Crippen molar-refractivity contribution in [3.05, 3.63) is 0 Å². The number of nitrogens with one attached hydrogen (secondary N) is 4. The highest BCUT2D eigenvalue weighted by Crippen LogP contribution is 2.30. The Morgan fingerprint density at radius 1 is 0.373 bits per heavy atom. The molecule has 0 aromatic carbocycles. The van der Waals surface area contributed by atoms with E-state index < -0.39 is 85.5 Å². The molecule has 0 radical (unpaired) electrons. The molecular formula is C55H94F12N6O10. The average molecular weight is 1230 g/mol. The molecule has 0 aromatic heterocycles. The minimum absolute atomic E-state index is 0.0158. The maximum Gasteiger partial charge on any atom is 0.490 e. The predicted octanol–water partition coefficient (Wildman–Crippen LogP) is 10.9. The number of alkyl halides is 12. The van der Waals surface area contributed by atoms with Gasteiger partial charge in [0.25, 0.3) is 5.91 Å². The zero-order valence-electron chi connectivity index (χ0n) is 48.2. The van der Waals surface area contributed by atoms with Gasteiger partial charge in [-0.25, -0.2) is 19.2 Å². The summed E-state index contributed by atoms with van der Waals surface area (Å²) in [6, 6.07) is 0. The van der Waals surface area contributed by atoms with Gasteiger partial charge in [-0.05, 0) is 103 Å². The van der Waals surface area contributed by atoms with Gasteiger partial charge < -0.3 is 51.7 Å². The molecule has 0 unspecified atom stereocenters. The third kappa shape index (κ3) is 42.3. The van der Waals surface area contributed by atoms with Crippen LogP contribution in [0.1, 0.15) is 206 Å². The molecular weight excluding hydrogens is 1130 g/mol. The van der Waals surface area contributed by atoms with Gasteiger partial charge in [0.15, 0.2) is 12.2 Å². The molecule has 0 rings (SSSR count). The van der Waals surface area contributed by atoms with Crippen molar-refractivity contribution in [2.45, 2.75) is 255 Å². The molecule has 4 atom stereocenters. The Morgan fingerprint density at radius 3 is 1.07 bits per heavy atom. The number of halogens is 12. The van der Waals surface area contributed by atoms with Crippen LogP contribution in [0, 0.1) is 5.92 Å². The molecule has 0 bridgehead atoms. The Labute approximate surface area is 481 Å². The van der Waals surface area contributed by atoms with Gasteiger partial charge >= 0.3 is 48.6 Å². The van der Waals surface area contributed by atoms with E-state index in [-0.39, 0.29) is 19.3 Å². The first-order chi connectivity index (χ1) is 39.2. The van der Waals surface area contributed by atoms with Crippen LogP contribution in [0.4, 0.5) is 52.7 Å². The molecule has 28 heteroatoms. The van der Waals surface area contributed by atoms with E-state index in [1.807, 2.05) is 5.32 Å². The van der Waals surface area contributed by atoms with Crippen LogP contribution in [0.3, 0.4) is 0 Å². The van der Waals surface area contributed by atoms with E-state index in [0.717, 1.165) is 149 Å². The van der Waals surface area contributed by atoms with Gasteiger partial charge in [-0.2, -0.15) is 52.7 Å². The highest BCUT2D eigenvalue weighted by molar-refractivity contribution is 5.87. The second-order valence-electron chi connectivity index (χ2n) is 21.0. The lowest BCUT2D eigenvalue weighted by atomic mass is 10.00. The van der Waals surface area contributed by atoms with Crippen molar-refractivity contribution in [3.63, 3.8) is 0 Å². The number of amides is 2. The first kappa shape index (κ1) is 78.8. The normalized spacial score (nSPS) is 13.7. The zero-order valence-corrected chi connectivity index (χ0v) is 48.2. The fourth-order valence-corrected chi connectivity index (χ4v) is 8.85. The van der Waals surface area contributed by atoms with Gasteiger partial charge in [0.05, 0.1) is 0 Å². The number of nitrogens with two attached hydrogens (primary N) is 2. The Hall–Kier alpha value is -4.18. The molecule has 0 aliphatic carbocycles. The fraction of sp³-hybridized carbons (Fsp3) is 0.891. The van der Waals surface area contributed by atoms with E-state index >= 15 is 0 Å². The fourth-order valence-electron chi connectivity index (χ4n) is 8.85. The second kappa shape index (κ2) is 46.1. The smallest absolute Gasteiger partial charge is 0.452 e. The second-order valence-corrected chi connectivity index (χ2v) is 21.0. The Balaban J connectivity index is 4.41. The first-order valence-electron chi connectivity index (χ1n) is 29.6. The van der Waals surface area contributed by atoms with E-state index in [0.29, 0.717) is 31.6 Å². The van der Waals surface area contributed by atoms with Crippen molar-refractivity contribution < 1.29 is 100 Å². The summed E-state index contributed by atoms with van der Waals surface area (Å²) in [5.41, 5.74) is 11.2. The van der Waals surface area contributed by atoms with Gasteiger partial charge in [-0.3, -0.25) is 9.59 Å². The number of ether oxygens (including phenoxy) is 4. The molecule has 0 heterocycles. The van der Waals surface area contributed by atoms with Gasteiger partial charge in [-0.15, -0.1) is 0 Å². The monoisotopic (exact) mass is 1230 g/mol. The van der Waals surface area contributed by atoms with Crippen molar-refractivity contribution in [2.24, 2.45) is 17.4 Å². The lowest BCUT2D eigenvalue weighted by molar-refractivity contribution is -0.245. The SMILES string of the molecule is C[C@@H](OC(=O)C(F)(F)F)[C@@H](OC(=O)C(F)(F)F)[C@H](OC(=O)C(F)(F)F)[C@@H](OC(=O)C(F)(F)F)C(=O)NCCCCCCCCCCCCCCCCCCCCCCCC(=O)NCCCCCCC(CNCCCCN)CNCCCCN. The first-order valence-corrected chi connectivity index (χ1v) is 29.6. The number of hydrogen-bond donors (Lipinski definition) is 6. The van der Waals surface area contributed by atoms with E-state index in [1.54, 1.807) is 0 Å². The summed E-state index contributed by atoms with van der Waals surface area (Å²) in [5.74, 6) is -15.0. The van der Waals surface area contributed by atoms with Crippen molar-refractivity contribution in [1.29, 1.82) is 0 Å². The number of carbonyl (C=O) groups excluding carboxylic acids is 6. The van der Waals surface area contributed by atoms with Crippen LogP contribution in [-0.4, -0.2) is 137 Å². The minimum Gasteiger partial charge on any atom is -0.452 e. The molecule has 0 aliphatic rings. The molecule has 0 saturated carbocycles. The summed E-state index contributed by atoms with van der Waals surface area (Å²) in [6.45, 7) is 5.85. The summed E-state index contributed by atoms with van der Waals surface area (Å²) in [7, 11) is 0. The molecule has 83 heavy (non-hydrogen) atoms.